The maximum absolute atomic E-state index is 13.9. The number of likely N-dealkylation sites (N-methyl/N-ethyl adjacent to an activating group) is 1. The Bertz CT molecular complexity index is 1220. The van der Waals surface area contributed by atoms with Crippen LogP contribution in [0.1, 0.15) is 11.4 Å². The zero-order chi connectivity index (χ0) is 22.0. The molecule has 0 amide bonds. The molecule has 0 saturated carbocycles. The van der Waals surface area contributed by atoms with E-state index < -0.39 is 5.82 Å². The summed E-state index contributed by atoms with van der Waals surface area (Å²) in [4.78, 5) is 19.4. The van der Waals surface area contributed by atoms with Crippen molar-refractivity contribution in [2.75, 3.05) is 33.0 Å². The van der Waals surface area contributed by atoms with Crippen molar-refractivity contribution < 1.29 is 9.13 Å². The van der Waals surface area contributed by atoms with E-state index in [1.807, 2.05) is 42.9 Å². The van der Waals surface area contributed by atoms with Gasteiger partial charge in [0.2, 0.25) is 0 Å². The highest BCUT2D eigenvalue weighted by Gasteiger charge is 2.18. The molecule has 31 heavy (non-hydrogen) atoms. The second kappa shape index (κ2) is 8.65. The highest BCUT2D eigenvalue weighted by molar-refractivity contribution is 5.85. The predicted octanol–water partition coefficient (Wildman–Crippen LogP) is 2.91. The summed E-state index contributed by atoms with van der Waals surface area (Å²) >= 11 is 0. The third kappa shape index (κ3) is 4.61. The summed E-state index contributed by atoms with van der Waals surface area (Å²) in [5.74, 6) is 1.68. The van der Waals surface area contributed by atoms with Crippen LogP contribution in [0.3, 0.4) is 0 Å². The summed E-state index contributed by atoms with van der Waals surface area (Å²) in [6.07, 6.45) is 2.72. The SMILES string of the molecule is Cc1nc(N)c2nc(-c3cncc(F)c3)n(Cc3cccc(OCCN(C)C)c3)c2n1. The molecule has 4 rings (SSSR count). The van der Waals surface area contributed by atoms with E-state index in [2.05, 4.69) is 24.8 Å². The molecule has 9 heteroatoms. The molecule has 8 nitrogen and oxygen atoms in total. The van der Waals surface area contributed by atoms with Gasteiger partial charge in [-0.05, 0) is 44.8 Å². The van der Waals surface area contributed by atoms with Crippen molar-refractivity contribution in [3.05, 3.63) is 59.9 Å². The number of anilines is 1. The van der Waals surface area contributed by atoms with Crippen LogP contribution in [-0.4, -0.2) is 56.6 Å². The van der Waals surface area contributed by atoms with Gasteiger partial charge in [0.05, 0.1) is 12.7 Å². The molecule has 3 heterocycles. The molecule has 0 spiro atoms. The molecule has 0 aliphatic heterocycles. The molecule has 0 aliphatic carbocycles. The van der Waals surface area contributed by atoms with E-state index >= 15 is 0 Å². The van der Waals surface area contributed by atoms with Gasteiger partial charge < -0.3 is 19.9 Å². The van der Waals surface area contributed by atoms with E-state index in [-0.39, 0.29) is 5.82 Å². The minimum Gasteiger partial charge on any atom is -0.492 e. The summed E-state index contributed by atoms with van der Waals surface area (Å²) in [7, 11) is 4.00. The van der Waals surface area contributed by atoms with E-state index in [0.717, 1.165) is 24.1 Å². The number of imidazole rings is 1. The lowest BCUT2D eigenvalue weighted by Gasteiger charge is -2.13. The molecule has 0 aliphatic rings. The van der Waals surface area contributed by atoms with Crippen molar-refractivity contribution >= 4 is 17.0 Å². The first-order chi connectivity index (χ1) is 14.9. The Morgan fingerprint density at radius 2 is 1.97 bits per heavy atom. The number of aryl methyl sites for hydroxylation is 1. The molecular formula is C22H24FN7O. The maximum Gasteiger partial charge on any atom is 0.166 e. The van der Waals surface area contributed by atoms with Crippen LogP contribution < -0.4 is 10.5 Å². The fraction of sp³-hybridized carbons (Fsp3) is 0.273. The van der Waals surface area contributed by atoms with Crippen molar-refractivity contribution in [3.8, 4) is 17.1 Å². The van der Waals surface area contributed by atoms with Crippen LogP contribution in [0.25, 0.3) is 22.6 Å². The molecule has 0 radical (unpaired) electrons. The molecular weight excluding hydrogens is 397 g/mol. The van der Waals surface area contributed by atoms with Gasteiger partial charge in [0, 0.05) is 18.3 Å². The van der Waals surface area contributed by atoms with Gasteiger partial charge >= 0.3 is 0 Å². The van der Waals surface area contributed by atoms with Gasteiger partial charge in [-0.1, -0.05) is 12.1 Å². The first-order valence-corrected chi connectivity index (χ1v) is 9.88. The van der Waals surface area contributed by atoms with Crippen molar-refractivity contribution in [1.29, 1.82) is 0 Å². The van der Waals surface area contributed by atoms with Gasteiger partial charge in [-0.3, -0.25) is 4.98 Å². The minimum absolute atomic E-state index is 0.285. The average molecular weight is 421 g/mol. The number of nitrogens with zero attached hydrogens (tertiary/aromatic N) is 6. The molecule has 0 atom stereocenters. The first-order valence-electron chi connectivity index (χ1n) is 9.88. The Labute approximate surface area is 179 Å². The zero-order valence-electron chi connectivity index (χ0n) is 17.7. The molecule has 4 aromatic rings. The van der Waals surface area contributed by atoms with Crippen LogP contribution in [0, 0.1) is 12.7 Å². The zero-order valence-corrected chi connectivity index (χ0v) is 17.7. The highest BCUT2D eigenvalue weighted by atomic mass is 19.1. The van der Waals surface area contributed by atoms with Crippen LogP contribution in [-0.2, 0) is 6.54 Å². The normalized spacial score (nSPS) is 11.4. The van der Waals surface area contributed by atoms with Gasteiger partial charge in [-0.25, -0.2) is 19.3 Å². The van der Waals surface area contributed by atoms with Crippen LogP contribution >= 0.6 is 0 Å². The Balaban J connectivity index is 1.75. The summed E-state index contributed by atoms with van der Waals surface area (Å²) in [5, 5.41) is 0. The molecule has 0 saturated heterocycles. The summed E-state index contributed by atoms with van der Waals surface area (Å²) in [6, 6.07) is 9.23. The minimum atomic E-state index is -0.442. The van der Waals surface area contributed by atoms with Gasteiger partial charge in [0.25, 0.3) is 0 Å². The van der Waals surface area contributed by atoms with E-state index in [1.165, 1.54) is 6.07 Å². The van der Waals surface area contributed by atoms with E-state index in [4.69, 9.17) is 10.5 Å². The van der Waals surface area contributed by atoms with Crippen LogP contribution in [0.2, 0.25) is 0 Å². The van der Waals surface area contributed by atoms with Gasteiger partial charge in [0.15, 0.2) is 17.0 Å². The standard InChI is InChI=1S/C22H24FN7O/c1-14-26-20(24)19-22(27-14)30(21(28-19)16-10-17(23)12-25-11-16)13-15-5-4-6-18(9-15)31-8-7-29(2)3/h4-6,9-12H,7-8,13H2,1-3H3,(H2,24,26,27). The smallest absolute Gasteiger partial charge is 0.166 e. The van der Waals surface area contributed by atoms with Crippen molar-refractivity contribution in [2.45, 2.75) is 13.5 Å². The fourth-order valence-corrected chi connectivity index (χ4v) is 3.30. The number of nitrogens with two attached hydrogens (primary N) is 1. The molecule has 0 unspecified atom stereocenters. The number of ether oxygens (including phenoxy) is 1. The number of nitrogen functional groups attached to an aromatic ring is 1. The lowest BCUT2D eigenvalue weighted by Crippen LogP contribution is -2.19. The Morgan fingerprint density at radius 3 is 2.74 bits per heavy atom. The first kappa shape index (κ1) is 20.7. The number of halogens is 1. The average Bonchev–Trinajstić information content (AvgIpc) is 3.07. The van der Waals surface area contributed by atoms with Gasteiger partial charge in [0.1, 0.15) is 29.8 Å². The summed E-state index contributed by atoms with van der Waals surface area (Å²) in [5.41, 5.74) is 8.69. The number of rotatable bonds is 7. The van der Waals surface area contributed by atoms with Crippen LogP contribution in [0.4, 0.5) is 10.2 Å². The molecule has 1 aromatic carbocycles. The molecule has 3 aromatic heterocycles. The number of pyridine rings is 1. The van der Waals surface area contributed by atoms with Crippen LogP contribution in [0.5, 0.6) is 5.75 Å². The summed E-state index contributed by atoms with van der Waals surface area (Å²) < 4.78 is 21.6. The maximum atomic E-state index is 13.9. The van der Waals surface area contributed by atoms with Gasteiger partial charge in [-0.15, -0.1) is 0 Å². The lowest BCUT2D eigenvalue weighted by atomic mass is 10.2. The third-order valence-corrected chi connectivity index (χ3v) is 4.74. The number of hydrogen-bond acceptors (Lipinski definition) is 7. The lowest BCUT2D eigenvalue weighted by molar-refractivity contribution is 0.261. The molecule has 0 bridgehead atoms. The predicted molar refractivity (Wildman–Crippen MR) is 117 cm³/mol. The quantitative estimate of drug-likeness (QED) is 0.490. The van der Waals surface area contributed by atoms with E-state index in [1.54, 1.807) is 13.1 Å². The Hall–Kier alpha value is -3.59. The number of aromatic nitrogens is 5. The second-order valence-corrected chi connectivity index (χ2v) is 7.54. The molecule has 2 N–H and O–H groups in total. The second-order valence-electron chi connectivity index (χ2n) is 7.54. The number of benzene rings is 1. The largest absolute Gasteiger partial charge is 0.492 e. The van der Waals surface area contributed by atoms with Crippen LogP contribution in [0.15, 0.2) is 42.7 Å². The Morgan fingerprint density at radius 1 is 1.13 bits per heavy atom. The van der Waals surface area contributed by atoms with E-state index in [9.17, 15) is 4.39 Å². The molecule has 0 fully saturated rings. The van der Waals surface area contributed by atoms with Crippen molar-refractivity contribution in [2.24, 2.45) is 0 Å². The fourth-order valence-electron chi connectivity index (χ4n) is 3.30. The highest BCUT2D eigenvalue weighted by Crippen LogP contribution is 2.28. The van der Waals surface area contributed by atoms with Crippen molar-refractivity contribution in [3.63, 3.8) is 0 Å². The molecule has 160 valence electrons. The Kier molecular flexibility index (Phi) is 5.77. The summed E-state index contributed by atoms with van der Waals surface area (Å²) in [6.45, 7) is 3.63. The van der Waals surface area contributed by atoms with Crippen molar-refractivity contribution in [1.82, 2.24) is 29.4 Å². The third-order valence-electron chi connectivity index (χ3n) is 4.74. The van der Waals surface area contributed by atoms with E-state index in [0.29, 0.717) is 41.5 Å². The topological polar surface area (TPSA) is 95.0 Å². The van der Waals surface area contributed by atoms with Gasteiger partial charge in [-0.2, -0.15) is 0 Å². The monoisotopic (exact) mass is 421 g/mol. The number of fused-ring (bicyclic) bond motifs is 1. The number of hydrogen-bond donors (Lipinski definition) is 1.